The zero-order valence-electron chi connectivity index (χ0n) is 9.19. The van der Waals surface area contributed by atoms with Gasteiger partial charge in [-0.1, -0.05) is 26.2 Å². The van der Waals surface area contributed by atoms with E-state index in [2.05, 4.69) is 0 Å². The maximum absolute atomic E-state index is 10.9. The van der Waals surface area contributed by atoms with Crippen LogP contribution in [0.25, 0.3) is 0 Å². The van der Waals surface area contributed by atoms with Crippen LogP contribution < -0.4 is 0 Å². The zero-order valence-corrected chi connectivity index (χ0v) is 10.0. The SMILES string of the molecule is CCC(SC1CCCCCC1O)C(=O)O. The third-order valence-electron chi connectivity index (χ3n) is 2.90. The molecule has 1 saturated carbocycles. The fraction of sp³-hybridized carbons (Fsp3) is 0.909. The normalized spacial score (nSPS) is 29.5. The number of carboxylic acids is 1. The van der Waals surface area contributed by atoms with Crippen molar-refractivity contribution in [1.29, 1.82) is 0 Å². The van der Waals surface area contributed by atoms with E-state index in [4.69, 9.17) is 5.11 Å². The van der Waals surface area contributed by atoms with E-state index < -0.39 is 5.97 Å². The summed E-state index contributed by atoms with van der Waals surface area (Å²) in [6, 6.07) is 0. The fourth-order valence-corrected chi connectivity index (χ4v) is 3.30. The molecule has 0 radical (unpaired) electrons. The standard InChI is InChI=1S/C11H20O3S/c1-2-9(11(13)14)15-10-7-5-3-4-6-8(10)12/h8-10,12H,2-7H2,1H3,(H,13,14). The Labute approximate surface area is 95.3 Å². The quantitative estimate of drug-likeness (QED) is 0.730. The van der Waals surface area contributed by atoms with E-state index in [9.17, 15) is 9.90 Å². The first kappa shape index (κ1) is 12.8. The van der Waals surface area contributed by atoms with Crippen LogP contribution in [0.1, 0.15) is 45.4 Å². The minimum atomic E-state index is -0.751. The smallest absolute Gasteiger partial charge is 0.316 e. The largest absolute Gasteiger partial charge is 0.480 e. The van der Waals surface area contributed by atoms with Crippen molar-refractivity contribution in [2.24, 2.45) is 0 Å². The number of carbonyl (C=O) groups is 1. The Morgan fingerprint density at radius 2 is 2.07 bits per heavy atom. The molecule has 0 aromatic rings. The van der Waals surface area contributed by atoms with Crippen LogP contribution in [0, 0.1) is 0 Å². The number of rotatable bonds is 4. The van der Waals surface area contributed by atoms with E-state index in [-0.39, 0.29) is 16.6 Å². The van der Waals surface area contributed by atoms with Gasteiger partial charge in [-0.2, -0.15) is 0 Å². The van der Waals surface area contributed by atoms with Crippen molar-refractivity contribution in [3.63, 3.8) is 0 Å². The number of aliphatic hydroxyl groups excluding tert-OH is 1. The first-order valence-corrected chi connectivity index (χ1v) is 6.65. The molecule has 4 heteroatoms. The van der Waals surface area contributed by atoms with Crippen molar-refractivity contribution >= 4 is 17.7 Å². The number of aliphatic hydroxyl groups is 1. The summed E-state index contributed by atoms with van der Waals surface area (Å²) in [5, 5.41) is 18.6. The van der Waals surface area contributed by atoms with Gasteiger partial charge in [0.15, 0.2) is 0 Å². The van der Waals surface area contributed by atoms with Crippen LogP contribution in [0.2, 0.25) is 0 Å². The number of hydrogen-bond acceptors (Lipinski definition) is 3. The Kier molecular flexibility index (Phi) is 5.47. The second-order valence-corrected chi connectivity index (χ2v) is 5.56. The van der Waals surface area contributed by atoms with Crippen molar-refractivity contribution in [3.8, 4) is 0 Å². The highest BCUT2D eigenvalue weighted by atomic mass is 32.2. The molecule has 1 aliphatic rings. The molecule has 1 aliphatic carbocycles. The summed E-state index contributed by atoms with van der Waals surface area (Å²) in [6.07, 6.45) is 5.45. The molecule has 0 spiro atoms. The average Bonchev–Trinajstić information content (AvgIpc) is 2.39. The van der Waals surface area contributed by atoms with Crippen molar-refractivity contribution < 1.29 is 15.0 Å². The van der Waals surface area contributed by atoms with Crippen molar-refractivity contribution in [1.82, 2.24) is 0 Å². The molecule has 0 aromatic carbocycles. The summed E-state index contributed by atoms with van der Waals surface area (Å²) in [6.45, 7) is 1.88. The van der Waals surface area contributed by atoms with Gasteiger partial charge in [-0.05, 0) is 19.3 Å². The van der Waals surface area contributed by atoms with E-state index in [0.29, 0.717) is 6.42 Å². The molecule has 3 unspecified atom stereocenters. The minimum Gasteiger partial charge on any atom is -0.480 e. The Balaban J connectivity index is 2.49. The van der Waals surface area contributed by atoms with Crippen LogP contribution in [-0.4, -0.2) is 32.8 Å². The molecule has 88 valence electrons. The first-order valence-electron chi connectivity index (χ1n) is 5.71. The summed E-state index contributed by atoms with van der Waals surface area (Å²) in [4.78, 5) is 10.9. The second-order valence-electron chi connectivity index (χ2n) is 4.12. The van der Waals surface area contributed by atoms with Gasteiger partial charge in [0.2, 0.25) is 0 Å². The maximum atomic E-state index is 10.9. The van der Waals surface area contributed by atoms with Crippen LogP contribution in [0.15, 0.2) is 0 Å². The lowest BCUT2D eigenvalue weighted by atomic mass is 10.1. The molecular weight excluding hydrogens is 212 g/mol. The molecule has 2 N–H and O–H groups in total. The number of thioether (sulfide) groups is 1. The molecule has 0 heterocycles. The Hall–Kier alpha value is -0.220. The van der Waals surface area contributed by atoms with Gasteiger partial charge in [0, 0.05) is 5.25 Å². The molecule has 3 atom stereocenters. The van der Waals surface area contributed by atoms with Gasteiger partial charge < -0.3 is 10.2 Å². The zero-order chi connectivity index (χ0) is 11.3. The Morgan fingerprint density at radius 1 is 1.40 bits per heavy atom. The average molecular weight is 232 g/mol. The number of hydrogen-bond donors (Lipinski definition) is 2. The fourth-order valence-electron chi connectivity index (χ4n) is 1.95. The third kappa shape index (κ3) is 4.03. The topological polar surface area (TPSA) is 57.5 Å². The lowest BCUT2D eigenvalue weighted by Crippen LogP contribution is -2.27. The predicted molar refractivity (Wildman–Crippen MR) is 62.2 cm³/mol. The monoisotopic (exact) mass is 232 g/mol. The number of carboxylic acid groups (broad SMARTS) is 1. The highest BCUT2D eigenvalue weighted by Crippen LogP contribution is 2.31. The molecule has 0 saturated heterocycles. The Bertz CT molecular complexity index is 208. The van der Waals surface area contributed by atoms with Crippen molar-refractivity contribution in [3.05, 3.63) is 0 Å². The molecule has 0 amide bonds. The van der Waals surface area contributed by atoms with E-state index in [0.717, 1.165) is 32.1 Å². The van der Waals surface area contributed by atoms with Gasteiger partial charge in [-0.25, -0.2) is 0 Å². The molecule has 0 aliphatic heterocycles. The lowest BCUT2D eigenvalue weighted by Gasteiger charge is -2.22. The summed E-state index contributed by atoms with van der Waals surface area (Å²) < 4.78 is 0. The molecule has 0 bridgehead atoms. The summed E-state index contributed by atoms with van der Waals surface area (Å²) in [5.74, 6) is -0.751. The summed E-state index contributed by atoms with van der Waals surface area (Å²) in [5.41, 5.74) is 0. The highest BCUT2D eigenvalue weighted by Gasteiger charge is 2.27. The number of aliphatic carboxylic acids is 1. The molecular formula is C11H20O3S. The van der Waals surface area contributed by atoms with Crippen molar-refractivity contribution in [2.45, 2.75) is 62.1 Å². The van der Waals surface area contributed by atoms with Crippen LogP contribution in [-0.2, 0) is 4.79 Å². The molecule has 0 aromatic heterocycles. The summed E-state index contributed by atoms with van der Waals surface area (Å²) >= 11 is 1.45. The second kappa shape index (κ2) is 6.38. The minimum absolute atomic E-state index is 0.119. The third-order valence-corrected chi connectivity index (χ3v) is 4.67. The maximum Gasteiger partial charge on any atom is 0.316 e. The van der Waals surface area contributed by atoms with Crippen LogP contribution in [0.3, 0.4) is 0 Å². The molecule has 1 fully saturated rings. The van der Waals surface area contributed by atoms with Crippen LogP contribution in [0.4, 0.5) is 0 Å². The van der Waals surface area contributed by atoms with E-state index >= 15 is 0 Å². The lowest BCUT2D eigenvalue weighted by molar-refractivity contribution is -0.136. The van der Waals surface area contributed by atoms with Gasteiger partial charge in [0.1, 0.15) is 5.25 Å². The molecule has 1 rings (SSSR count). The summed E-state index contributed by atoms with van der Waals surface area (Å²) in [7, 11) is 0. The highest BCUT2D eigenvalue weighted by molar-refractivity contribution is 8.01. The van der Waals surface area contributed by atoms with Gasteiger partial charge in [-0.15, -0.1) is 11.8 Å². The molecule has 3 nitrogen and oxygen atoms in total. The Morgan fingerprint density at radius 3 is 2.67 bits per heavy atom. The molecule has 15 heavy (non-hydrogen) atoms. The predicted octanol–water partition coefficient (Wildman–Crippen LogP) is 2.28. The van der Waals surface area contributed by atoms with Gasteiger partial charge in [0.25, 0.3) is 0 Å². The van der Waals surface area contributed by atoms with Gasteiger partial charge in [0.05, 0.1) is 6.10 Å². The van der Waals surface area contributed by atoms with Crippen LogP contribution in [0.5, 0.6) is 0 Å². The van der Waals surface area contributed by atoms with Gasteiger partial charge in [-0.3, -0.25) is 4.79 Å². The van der Waals surface area contributed by atoms with E-state index in [1.165, 1.54) is 11.8 Å². The van der Waals surface area contributed by atoms with E-state index in [1.807, 2.05) is 6.92 Å². The van der Waals surface area contributed by atoms with E-state index in [1.54, 1.807) is 0 Å². The van der Waals surface area contributed by atoms with Crippen LogP contribution >= 0.6 is 11.8 Å². The van der Waals surface area contributed by atoms with Gasteiger partial charge >= 0.3 is 5.97 Å². The first-order chi connectivity index (χ1) is 7.15. The van der Waals surface area contributed by atoms with Crippen molar-refractivity contribution in [2.75, 3.05) is 0 Å².